The molecule has 0 unspecified atom stereocenters. The Morgan fingerprint density at radius 3 is 2.42 bits per heavy atom. The minimum Gasteiger partial charge on any atom is -0.497 e. The first kappa shape index (κ1) is 20.2. The van der Waals surface area contributed by atoms with Gasteiger partial charge in [0, 0.05) is 12.7 Å². The minimum atomic E-state index is -0.500. The Balaban J connectivity index is 1.61. The predicted octanol–water partition coefficient (Wildman–Crippen LogP) is 2.08. The molecule has 8 heteroatoms. The van der Waals surface area contributed by atoms with Crippen LogP contribution in [0.4, 0.5) is 0 Å². The monoisotopic (exact) mass is 418 g/mol. The quantitative estimate of drug-likeness (QED) is 0.501. The lowest BCUT2D eigenvalue weighted by Crippen LogP contribution is -2.38. The van der Waals surface area contributed by atoms with Crippen molar-refractivity contribution < 1.29 is 9.53 Å². The van der Waals surface area contributed by atoms with Crippen molar-refractivity contribution in [2.24, 2.45) is 0 Å². The van der Waals surface area contributed by atoms with E-state index in [-0.39, 0.29) is 23.7 Å². The van der Waals surface area contributed by atoms with Gasteiger partial charge in [-0.25, -0.2) is 4.79 Å². The number of methoxy groups -OCH3 is 1. The van der Waals surface area contributed by atoms with Gasteiger partial charge in [0.2, 0.25) is 0 Å². The fourth-order valence-corrected chi connectivity index (χ4v) is 3.40. The Kier molecular flexibility index (Phi) is 5.44. The van der Waals surface area contributed by atoms with Gasteiger partial charge in [-0.1, -0.05) is 42.5 Å². The molecule has 0 aliphatic heterocycles. The molecule has 0 spiro atoms. The Morgan fingerprint density at radius 2 is 1.74 bits per heavy atom. The molecule has 0 fully saturated rings. The molecule has 0 aliphatic rings. The number of benzene rings is 2. The summed E-state index contributed by atoms with van der Waals surface area (Å²) in [6, 6.07) is 16.6. The molecule has 0 bridgehead atoms. The van der Waals surface area contributed by atoms with Crippen LogP contribution in [-0.4, -0.2) is 27.0 Å². The van der Waals surface area contributed by atoms with Gasteiger partial charge in [0.1, 0.15) is 17.1 Å². The fraction of sp³-hybridized carbons (Fsp3) is 0.174. The first-order valence-corrected chi connectivity index (χ1v) is 9.77. The largest absolute Gasteiger partial charge is 0.497 e. The van der Waals surface area contributed by atoms with E-state index in [2.05, 4.69) is 10.3 Å². The molecule has 8 nitrogen and oxygen atoms in total. The van der Waals surface area contributed by atoms with E-state index in [1.165, 1.54) is 15.2 Å². The molecule has 0 saturated carbocycles. The minimum absolute atomic E-state index is 0.159. The summed E-state index contributed by atoms with van der Waals surface area (Å²) in [4.78, 5) is 41.2. The molecule has 2 aromatic carbocycles. The van der Waals surface area contributed by atoms with Crippen LogP contribution in [0.15, 0.2) is 70.4 Å². The Morgan fingerprint density at radius 1 is 1.03 bits per heavy atom. The van der Waals surface area contributed by atoms with Crippen LogP contribution in [0.5, 0.6) is 5.75 Å². The normalized spacial score (nSPS) is 10.9. The molecule has 0 atom stereocenters. The number of H-pyrrole nitrogens is 1. The van der Waals surface area contributed by atoms with Crippen LogP contribution in [0.2, 0.25) is 0 Å². The Bertz CT molecular complexity index is 1350. The summed E-state index contributed by atoms with van der Waals surface area (Å²) in [7, 11) is 1.59. The van der Waals surface area contributed by atoms with E-state index >= 15 is 0 Å². The maximum atomic E-state index is 12.9. The number of fused-ring (bicyclic) bond motifs is 1. The smallest absolute Gasteiger partial charge is 0.337 e. The van der Waals surface area contributed by atoms with Crippen LogP contribution in [0.25, 0.3) is 5.65 Å². The zero-order chi connectivity index (χ0) is 22.0. The summed E-state index contributed by atoms with van der Waals surface area (Å²) in [6.07, 6.45) is 1.43. The maximum absolute atomic E-state index is 12.9. The molecule has 2 aromatic heterocycles. The second-order valence-electron chi connectivity index (χ2n) is 7.20. The zero-order valence-corrected chi connectivity index (χ0v) is 17.2. The van der Waals surface area contributed by atoms with Gasteiger partial charge in [-0.15, -0.1) is 0 Å². The number of amides is 1. The van der Waals surface area contributed by atoms with Crippen molar-refractivity contribution in [1.29, 1.82) is 0 Å². The van der Waals surface area contributed by atoms with E-state index in [9.17, 15) is 14.4 Å². The van der Waals surface area contributed by atoms with Crippen molar-refractivity contribution in [1.82, 2.24) is 19.3 Å². The van der Waals surface area contributed by atoms with Gasteiger partial charge in [0.25, 0.3) is 11.5 Å². The van der Waals surface area contributed by atoms with Crippen LogP contribution in [-0.2, 0) is 13.1 Å². The second-order valence-corrected chi connectivity index (χ2v) is 7.20. The van der Waals surface area contributed by atoms with Gasteiger partial charge in [-0.05, 0) is 30.2 Å². The molecule has 0 aliphatic carbocycles. The third-order valence-electron chi connectivity index (χ3n) is 5.15. The molecule has 2 heterocycles. The molecule has 0 saturated heterocycles. The number of nitrogens with zero attached hydrogens (tertiary/aromatic N) is 2. The molecular formula is C23H22N4O4. The Labute approximate surface area is 177 Å². The standard InChI is InChI=1S/C23H22N4O4/c1-15-20-25-19(21(28)24-12-16-8-10-18(31-2)11-9-16)14-26(20)23(30)27(22(15)29)13-17-6-4-3-5-7-17/h3-11,14,25H,12-13H2,1-2H3,(H,24,28). The first-order chi connectivity index (χ1) is 15.0. The molecule has 2 N–H and O–H groups in total. The van der Waals surface area contributed by atoms with Crippen LogP contribution in [0.3, 0.4) is 0 Å². The van der Waals surface area contributed by atoms with Crippen LogP contribution >= 0.6 is 0 Å². The fourth-order valence-electron chi connectivity index (χ4n) is 3.40. The van der Waals surface area contributed by atoms with Crippen molar-refractivity contribution >= 4 is 11.6 Å². The zero-order valence-electron chi connectivity index (χ0n) is 17.2. The van der Waals surface area contributed by atoms with Gasteiger partial charge >= 0.3 is 5.69 Å². The number of carbonyl (C=O) groups is 1. The summed E-state index contributed by atoms with van der Waals surface area (Å²) in [5.41, 5.74) is 1.74. The van der Waals surface area contributed by atoms with E-state index < -0.39 is 5.69 Å². The number of aromatic amines is 1. The highest BCUT2D eigenvalue weighted by atomic mass is 16.5. The molecule has 0 radical (unpaired) electrons. The van der Waals surface area contributed by atoms with Crippen molar-refractivity contribution in [2.45, 2.75) is 20.0 Å². The van der Waals surface area contributed by atoms with Gasteiger partial charge in [-0.3, -0.25) is 18.6 Å². The average molecular weight is 418 g/mol. The lowest BCUT2D eigenvalue weighted by atomic mass is 10.2. The van der Waals surface area contributed by atoms with E-state index in [4.69, 9.17) is 4.74 Å². The van der Waals surface area contributed by atoms with Crippen molar-refractivity contribution in [3.8, 4) is 5.75 Å². The topological polar surface area (TPSA) is 97.6 Å². The van der Waals surface area contributed by atoms with Crippen molar-refractivity contribution in [2.75, 3.05) is 7.11 Å². The molecule has 31 heavy (non-hydrogen) atoms. The average Bonchev–Trinajstić information content (AvgIpc) is 3.26. The van der Waals surface area contributed by atoms with Gasteiger partial charge in [0.15, 0.2) is 0 Å². The van der Waals surface area contributed by atoms with E-state index in [0.29, 0.717) is 17.8 Å². The number of aryl methyl sites for hydroxylation is 1. The molecule has 158 valence electrons. The highest BCUT2D eigenvalue weighted by molar-refractivity contribution is 5.92. The summed E-state index contributed by atoms with van der Waals surface area (Å²) in [5, 5.41) is 2.81. The van der Waals surface area contributed by atoms with E-state index in [0.717, 1.165) is 16.9 Å². The van der Waals surface area contributed by atoms with Crippen LogP contribution in [0, 0.1) is 6.92 Å². The molecule has 1 amide bonds. The number of hydrogen-bond donors (Lipinski definition) is 2. The number of hydrogen-bond acceptors (Lipinski definition) is 4. The van der Waals surface area contributed by atoms with Gasteiger partial charge in [-0.2, -0.15) is 0 Å². The third-order valence-corrected chi connectivity index (χ3v) is 5.15. The first-order valence-electron chi connectivity index (χ1n) is 9.77. The van der Waals surface area contributed by atoms with E-state index in [1.54, 1.807) is 14.0 Å². The number of ether oxygens (including phenoxy) is 1. The Hall–Kier alpha value is -4.07. The second kappa shape index (κ2) is 8.35. The highest BCUT2D eigenvalue weighted by Gasteiger charge is 2.17. The predicted molar refractivity (Wildman–Crippen MR) is 117 cm³/mol. The lowest BCUT2D eigenvalue weighted by Gasteiger charge is -2.07. The van der Waals surface area contributed by atoms with Crippen molar-refractivity contribution in [3.05, 3.63) is 104 Å². The van der Waals surface area contributed by atoms with Crippen LogP contribution in [0.1, 0.15) is 27.2 Å². The third kappa shape index (κ3) is 4.00. The number of nitrogens with one attached hydrogen (secondary N) is 2. The highest BCUT2D eigenvalue weighted by Crippen LogP contribution is 2.11. The van der Waals surface area contributed by atoms with Crippen LogP contribution < -0.4 is 21.3 Å². The summed E-state index contributed by atoms with van der Waals surface area (Å²) in [5.74, 6) is 0.359. The van der Waals surface area contributed by atoms with Gasteiger partial charge in [0.05, 0.1) is 19.2 Å². The van der Waals surface area contributed by atoms with Crippen molar-refractivity contribution in [3.63, 3.8) is 0 Å². The number of rotatable bonds is 6. The summed E-state index contributed by atoms with van der Waals surface area (Å²) >= 11 is 0. The maximum Gasteiger partial charge on any atom is 0.337 e. The van der Waals surface area contributed by atoms with Gasteiger partial charge < -0.3 is 15.0 Å². The molecule has 4 aromatic rings. The lowest BCUT2D eigenvalue weighted by molar-refractivity contribution is 0.0946. The number of imidazole rings is 1. The number of aromatic nitrogens is 3. The summed E-state index contributed by atoms with van der Waals surface area (Å²) in [6.45, 7) is 2.10. The number of carbonyl (C=O) groups excluding carboxylic acids is 1. The molecule has 4 rings (SSSR count). The van der Waals surface area contributed by atoms with E-state index in [1.807, 2.05) is 54.6 Å². The summed E-state index contributed by atoms with van der Waals surface area (Å²) < 4.78 is 7.60. The SMILES string of the molecule is COc1ccc(CNC(=O)c2cn3c(=O)n(Cc4ccccc4)c(=O)c(C)c3[nH]2)cc1. The molecular weight excluding hydrogens is 396 g/mol.